The SMILES string of the molecule is C=CCOC(=O)[C@H]1[C@H]2C(=O)N([C@@H](CO)Cc3ccccc3)C(C(=O)N(CC=C)Cn3nnc4ccccc43)C23CC(Br)[C@@H]1O3. The number of carbonyl (C=O) groups excluding carboxylic acids is 3. The van der Waals surface area contributed by atoms with Gasteiger partial charge in [-0.15, -0.1) is 11.7 Å². The summed E-state index contributed by atoms with van der Waals surface area (Å²) in [6, 6.07) is 15.0. The molecule has 3 unspecified atom stereocenters. The minimum absolute atomic E-state index is 0.0127. The van der Waals surface area contributed by atoms with Gasteiger partial charge in [0.2, 0.25) is 11.8 Å². The number of esters is 1. The molecule has 1 aromatic heterocycles. The second-order valence-electron chi connectivity index (χ2n) is 11.4. The summed E-state index contributed by atoms with van der Waals surface area (Å²) in [5, 5.41) is 19.2. The molecule has 2 bridgehead atoms. The van der Waals surface area contributed by atoms with Crippen LogP contribution in [-0.4, -0.2) is 96.1 Å². The molecule has 11 nitrogen and oxygen atoms in total. The Labute approximate surface area is 263 Å². The molecule has 0 radical (unpaired) electrons. The number of carbonyl (C=O) groups is 3. The van der Waals surface area contributed by atoms with Crippen molar-refractivity contribution in [3.05, 3.63) is 85.5 Å². The number of aliphatic hydroxyl groups excluding tert-OH is 1. The molecule has 3 aliphatic rings. The number of fused-ring (bicyclic) bond motifs is 2. The topological polar surface area (TPSA) is 127 Å². The molecule has 3 aliphatic heterocycles. The molecule has 1 spiro atoms. The van der Waals surface area contributed by atoms with Crippen molar-refractivity contribution < 1.29 is 29.0 Å². The average Bonchev–Trinajstić information content (AvgIpc) is 3.76. The number of aliphatic hydroxyl groups is 1. The van der Waals surface area contributed by atoms with Gasteiger partial charge in [0.1, 0.15) is 30.4 Å². The van der Waals surface area contributed by atoms with Gasteiger partial charge in [-0.3, -0.25) is 14.4 Å². The van der Waals surface area contributed by atoms with Crippen molar-refractivity contribution in [3.8, 4) is 0 Å². The van der Waals surface area contributed by atoms with Crippen LogP contribution in [0.3, 0.4) is 0 Å². The number of amides is 2. The van der Waals surface area contributed by atoms with Crippen LogP contribution in [-0.2, 0) is 36.9 Å². The maximum absolute atomic E-state index is 14.8. The van der Waals surface area contributed by atoms with Crippen LogP contribution >= 0.6 is 15.9 Å². The minimum atomic E-state index is -1.32. The summed E-state index contributed by atoms with van der Waals surface area (Å²) in [5.74, 6) is -3.27. The Morgan fingerprint density at radius 2 is 1.93 bits per heavy atom. The summed E-state index contributed by atoms with van der Waals surface area (Å²) in [6.45, 7) is 7.27. The highest BCUT2D eigenvalue weighted by Gasteiger charge is 2.77. The van der Waals surface area contributed by atoms with Crippen LogP contribution in [0.1, 0.15) is 12.0 Å². The van der Waals surface area contributed by atoms with Gasteiger partial charge in [-0.2, -0.15) is 0 Å². The van der Waals surface area contributed by atoms with E-state index < -0.39 is 60.0 Å². The van der Waals surface area contributed by atoms with Gasteiger partial charge in [0.15, 0.2) is 0 Å². The third-order valence-electron chi connectivity index (χ3n) is 8.88. The lowest BCUT2D eigenvalue weighted by Crippen LogP contribution is -2.59. The van der Waals surface area contributed by atoms with E-state index in [9.17, 15) is 19.5 Å². The molecule has 3 aromatic rings. The first kappa shape index (κ1) is 30.2. The standard InChI is InChI=1S/C32H34BrN5O6/c1-3-14-36(19-37-24-13-9-8-12-23(24)34-35-37)30(41)28-32-17-22(33)27(44-32)25(31(42)43-15-4-2)26(32)29(40)38(28)21(18-39)16-20-10-6-5-7-11-20/h3-13,21-22,25-28,39H,1-2,14-19H2/t21-,22?,25+,26+,27+,28?,32?/m1/s1. The minimum Gasteiger partial charge on any atom is -0.461 e. The van der Waals surface area contributed by atoms with Crippen molar-refractivity contribution in [2.75, 3.05) is 19.8 Å². The van der Waals surface area contributed by atoms with Crippen molar-refractivity contribution in [1.29, 1.82) is 0 Å². The first-order chi connectivity index (χ1) is 21.3. The van der Waals surface area contributed by atoms with Gasteiger partial charge >= 0.3 is 5.97 Å². The molecule has 3 fully saturated rings. The first-order valence-electron chi connectivity index (χ1n) is 14.6. The number of para-hydroxylation sites is 1. The van der Waals surface area contributed by atoms with E-state index in [4.69, 9.17) is 9.47 Å². The van der Waals surface area contributed by atoms with Crippen molar-refractivity contribution in [2.24, 2.45) is 11.8 Å². The van der Waals surface area contributed by atoms with Crippen LogP contribution in [0, 0.1) is 11.8 Å². The summed E-state index contributed by atoms with van der Waals surface area (Å²) in [6.07, 6.45) is 3.04. The highest BCUT2D eigenvalue weighted by Crippen LogP contribution is 2.60. The lowest BCUT2D eigenvalue weighted by molar-refractivity contribution is -0.156. The largest absolute Gasteiger partial charge is 0.461 e. The third-order valence-corrected chi connectivity index (χ3v) is 9.73. The third kappa shape index (κ3) is 4.94. The molecule has 230 valence electrons. The number of benzene rings is 2. The van der Waals surface area contributed by atoms with Crippen LogP contribution in [0.4, 0.5) is 0 Å². The number of hydrogen-bond donors (Lipinski definition) is 1. The summed E-state index contributed by atoms with van der Waals surface area (Å²) >= 11 is 3.68. The predicted molar refractivity (Wildman–Crippen MR) is 164 cm³/mol. The van der Waals surface area contributed by atoms with E-state index in [1.165, 1.54) is 11.0 Å². The molecule has 3 saturated heterocycles. The lowest BCUT2D eigenvalue weighted by atomic mass is 9.70. The number of hydrogen-bond acceptors (Lipinski definition) is 8. The van der Waals surface area contributed by atoms with Crippen LogP contribution in [0.2, 0.25) is 0 Å². The average molecular weight is 665 g/mol. The molecular weight excluding hydrogens is 630 g/mol. The summed E-state index contributed by atoms with van der Waals surface area (Å²) in [4.78, 5) is 45.5. The van der Waals surface area contributed by atoms with E-state index in [0.29, 0.717) is 18.4 Å². The van der Waals surface area contributed by atoms with E-state index in [-0.39, 0.29) is 24.6 Å². The van der Waals surface area contributed by atoms with E-state index >= 15 is 0 Å². The highest BCUT2D eigenvalue weighted by atomic mass is 79.9. The van der Waals surface area contributed by atoms with Crippen LogP contribution in [0.5, 0.6) is 0 Å². The van der Waals surface area contributed by atoms with E-state index in [1.54, 1.807) is 15.7 Å². The molecule has 12 heteroatoms. The van der Waals surface area contributed by atoms with Crippen molar-refractivity contribution in [2.45, 2.75) is 48.1 Å². The van der Waals surface area contributed by atoms with Gasteiger partial charge in [-0.05, 0) is 30.5 Å². The van der Waals surface area contributed by atoms with Gasteiger partial charge < -0.3 is 24.4 Å². The number of likely N-dealkylation sites (tertiary alicyclic amines) is 1. The van der Waals surface area contributed by atoms with Crippen LogP contribution < -0.4 is 0 Å². The zero-order valence-corrected chi connectivity index (χ0v) is 25.7. The Balaban J connectivity index is 1.42. The smallest absolute Gasteiger partial charge is 0.312 e. The Morgan fingerprint density at radius 3 is 2.66 bits per heavy atom. The second-order valence-corrected chi connectivity index (χ2v) is 12.6. The summed E-state index contributed by atoms with van der Waals surface area (Å²) in [7, 11) is 0. The molecule has 6 rings (SSSR count). The van der Waals surface area contributed by atoms with Crippen molar-refractivity contribution in [1.82, 2.24) is 24.8 Å². The van der Waals surface area contributed by atoms with Crippen LogP contribution in [0.15, 0.2) is 79.9 Å². The van der Waals surface area contributed by atoms with Crippen LogP contribution in [0.25, 0.3) is 11.0 Å². The summed E-state index contributed by atoms with van der Waals surface area (Å²) in [5.41, 5.74) is 0.992. The van der Waals surface area contributed by atoms with Gasteiger partial charge in [0, 0.05) is 11.4 Å². The lowest BCUT2D eigenvalue weighted by Gasteiger charge is -2.39. The molecule has 7 atom stereocenters. The second kappa shape index (κ2) is 12.3. The number of alkyl halides is 1. The molecule has 2 aromatic carbocycles. The first-order valence-corrected chi connectivity index (χ1v) is 15.5. The molecular formula is C32H34BrN5O6. The Kier molecular flexibility index (Phi) is 8.40. The monoisotopic (exact) mass is 663 g/mol. The molecule has 2 amide bonds. The zero-order valence-electron chi connectivity index (χ0n) is 24.1. The molecule has 1 N–H and O–H groups in total. The maximum Gasteiger partial charge on any atom is 0.312 e. The highest BCUT2D eigenvalue weighted by molar-refractivity contribution is 9.09. The van der Waals surface area contributed by atoms with Gasteiger partial charge in [-0.1, -0.05) is 82.3 Å². The molecule has 44 heavy (non-hydrogen) atoms. The molecule has 0 saturated carbocycles. The fourth-order valence-electron chi connectivity index (χ4n) is 7.11. The summed E-state index contributed by atoms with van der Waals surface area (Å²) < 4.78 is 13.7. The predicted octanol–water partition coefficient (Wildman–Crippen LogP) is 2.48. The van der Waals surface area contributed by atoms with E-state index in [0.717, 1.165) is 11.1 Å². The quantitative estimate of drug-likeness (QED) is 0.178. The molecule has 4 heterocycles. The Morgan fingerprint density at radius 1 is 1.18 bits per heavy atom. The Hall–Kier alpha value is -3.87. The van der Waals surface area contributed by atoms with Gasteiger partial charge in [0.25, 0.3) is 0 Å². The number of rotatable bonds is 12. The number of ether oxygens (including phenoxy) is 2. The fourth-order valence-corrected chi connectivity index (χ4v) is 8.06. The van der Waals surface area contributed by atoms with Gasteiger partial charge in [-0.25, -0.2) is 4.68 Å². The van der Waals surface area contributed by atoms with E-state index in [2.05, 4.69) is 39.4 Å². The maximum atomic E-state index is 14.8. The molecule has 0 aliphatic carbocycles. The number of nitrogens with zero attached hydrogens (tertiary/aromatic N) is 5. The Bertz CT molecular complexity index is 1580. The van der Waals surface area contributed by atoms with Crippen molar-refractivity contribution in [3.63, 3.8) is 0 Å². The number of aromatic nitrogens is 3. The zero-order chi connectivity index (χ0) is 31.0. The normalized spacial score (nSPS) is 27.7. The van der Waals surface area contributed by atoms with Gasteiger partial charge in [0.05, 0.1) is 36.1 Å². The van der Waals surface area contributed by atoms with Crippen molar-refractivity contribution >= 4 is 44.7 Å². The number of halogens is 1. The van der Waals surface area contributed by atoms with E-state index in [1.807, 2.05) is 54.6 Å². The fraction of sp³-hybridized carbons (Fsp3) is 0.406.